The molecule has 3 rings (SSSR count). The molecule has 1 amide bonds. The highest BCUT2D eigenvalue weighted by molar-refractivity contribution is 9.10. The zero-order valence-corrected chi connectivity index (χ0v) is 16.4. The van der Waals surface area contributed by atoms with Crippen LogP contribution in [0, 0.1) is 6.92 Å². The van der Waals surface area contributed by atoms with Crippen LogP contribution in [0.3, 0.4) is 0 Å². The van der Waals surface area contributed by atoms with E-state index in [0.29, 0.717) is 13.0 Å². The largest absolute Gasteiger partial charge is 0.340 e. The SMILES string of the molecule is CCn1cc(CN2CCN(C(=O)CCn3cc(Br)cn3)CC2)c(C)n1. The summed E-state index contributed by atoms with van der Waals surface area (Å²) in [7, 11) is 0. The second-order valence-electron chi connectivity index (χ2n) is 6.42. The molecule has 25 heavy (non-hydrogen) atoms. The van der Waals surface area contributed by atoms with Crippen molar-refractivity contribution in [2.24, 2.45) is 0 Å². The molecule has 0 aliphatic carbocycles. The van der Waals surface area contributed by atoms with Gasteiger partial charge in [0, 0.05) is 70.2 Å². The van der Waals surface area contributed by atoms with Crippen LogP contribution in [0.25, 0.3) is 0 Å². The average molecular weight is 409 g/mol. The summed E-state index contributed by atoms with van der Waals surface area (Å²) in [5, 5.41) is 8.70. The van der Waals surface area contributed by atoms with Crippen molar-refractivity contribution in [2.75, 3.05) is 26.2 Å². The molecule has 136 valence electrons. The van der Waals surface area contributed by atoms with Crippen molar-refractivity contribution in [3.8, 4) is 0 Å². The van der Waals surface area contributed by atoms with E-state index in [2.05, 4.69) is 51.1 Å². The topological polar surface area (TPSA) is 59.2 Å². The van der Waals surface area contributed by atoms with Crippen LogP contribution >= 0.6 is 15.9 Å². The minimum absolute atomic E-state index is 0.209. The van der Waals surface area contributed by atoms with Crippen molar-refractivity contribution in [2.45, 2.75) is 39.9 Å². The lowest BCUT2D eigenvalue weighted by Gasteiger charge is -2.34. The second kappa shape index (κ2) is 8.14. The van der Waals surface area contributed by atoms with Crippen LogP contribution in [0.1, 0.15) is 24.6 Å². The Hall–Kier alpha value is -1.67. The van der Waals surface area contributed by atoms with Crippen LogP contribution in [0.15, 0.2) is 23.1 Å². The third-order valence-corrected chi connectivity index (χ3v) is 5.06. The number of hydrogen-bond donors (Lipinski definition) is 0. The number of carbonyl (C=O) groups is 1. The van der Waals surface area contributed by atoms with Gasteiger partial charge in [0.2, 0.25) is 5.91 Å². The van der Waals surface area contributed by atoms with E-state index in [1.54, 1.807) is 10.9 Å². The summed E-state index contributed by atoms with van der Waals surface area (Å²) in [5.41, 5.74) is 2.39. The molecule has 0 atom stereocenters. The summed E-state index contributed by atoms with van der Waals surface area (Å²) in [6.45, 7) is 10.0. The first-order valence-corrected chi connectivity index (χ1v) is 9.55. The number of rotatable bonds is 6. The second-order valence-corrected chi connectivity index (χ2v) is 7.34. The van der Waals surface area contributed by atoms with E-state index < -0.39 is 0 Å². The van der Waals surface area contributed by atoms with E-state index in [-0.39, 0.29) is 5.91 Å². The van der Waals surface area contributed by atoms with Crippen molar-refractivity contribution < 1.29 is 4.79 Å². The quantitative estimate of drug-likeness (QED) is 0.732. The number of aromatic nitrogens is 4. The number of hydrogen-bond acceptors (Lipinski definition) is 4. The molecule has 0 aromatic carbocycles. The van der Waals surface area contributed by atoms with E-state index in [9.17, 15) is 4.79 Å². The Bertz CT molecular complexity index is 717. The summed E-state index contributed by atoms with van der Waals surface area (Å²) in [6, 6.07) is 0. The Labute approximate surface area is 156 Å². The zero-order chi connectivity index (χ0) is 17.8. The van der Waals surface area contributed by atoms with Crippen molar-refractivity contribution in [1.29, 1.82) is 0 Å². The van der Waals surface area contributed by atoms with Gasteiger partial charge in [-0.05, 0) is 29.8 Å². The van der Waals surface area contributed by atoms with Gasteiger partial charge in [0.15, 0.2) is 0 Å². The Kier molecular flexibility index (Phi) is 5.90. The van der Waals surface area contributed by atoms with E-state index in [1.165, 1.54) is 5.56 Å². The van der Waals surface area contributed by atoms with Crippen LogP contribution in [-0.4, -0.2) is 61.4 Å². The normalized spacial score (nSPS) is 15.7. The van der Waals surface area contributed by atoms with Gasteiger partial charge in [0.05, 0.1) is 16.4 Å². The van der Waals surface area contributed by atoms with E-state index in [4.69, 9.17) is 0 Å². The molecule has 1 fully saturated rings. The van der Waals surface area contributed by atoms with Gasteiger partial charge in [-0.1, -0.05) is 0 Å². The third-order valence-electron chi connectivity index (χ3n) is 4.65. The number of amides is 1. The molecule has 2 aromatic rings. The highest BCUT2D eigenvalue weighted by Crippen LogP contribution is 2.13. The molecule has 1 aliphatic rings. The van der Waals surface area contributed by atoms with Gasteiger partial charge in [0.1, 0.15) is 0 Å². The first kappa shape index (κ1) is 18.1. The smallest absolute Gasteiger partial charge is 0.224 e. The molecule has 7 nitrogen and oxygen atoms in total. The minimum Gasteiger partial charge on any atom is -0.340 e. The Morgan fingerprint density at radius 1 is 1.20 bits per heavy atom. The molecule has 8 heteroatoms. The fourth-order valence-corrected chi connectivity index (χ4v) is 3.43. The Morgan fingerprint density at radius 3 is 2.56 bits per heavy atom. The third kappa shape index (κ3) is 4.70. The lowest BCUT2D eigenvalue weighted by atomic mass is 10.2. The molecule has 3 heterocycles. The highest BCUT2D eigenvalue weighted by atomic mass is 79.9. The maximum Gasteiger partial charge on any atom is 0.224 e. The number of piperazine rings is 1. The van der Waals surface area contributed by atoms with Crippen molar-refractivity contribution in [3.63, 3.8) is 0 Å². The predicted octanol–water partition coefficient (Wildman–Crippen LogP) is 1.90. The summed E-state index contributed by atoms with van der Waals surface area (Å²) in [4.78, 5) is 16.8. The van der Waals surface area contributed by atoms with Crippen LogP contribution in [-0.2, 0) is 24.4 Å². The summed E-state index contributed by atoms with van der Waals surface area (Å²) < 4.78 is 4.72. The van der Waals surface area contributed by atoms with Gasteiger partial charge in [-0.25, -0.2) is 0 Å². The monoisotopic (exact) mass is 408 g/mol. The molecule has 1 saturated heterocycles. The molecule has 2 aromatic heterocycles. The minimum atomic E-state index is 0.209. The molecule has 0 N–H and O–H groups in total. The predicted molar refractivity (Wildman–Crippen MR) is 99.0 cm³/mol. The first-order valence-electron chi connectivity index (χ1n) is 8.76. The van der Waals surface area contributed by atoms with Gasteiger partial charge in [-0.15, -0.1) is 0 Å². The zero-order valence-electron chi connectivity index (χ0n) is 14.9. The van der Waals surface area contributed by atoms with Crippen LogP contribution in [0.5, 0.6) is 0 Å². The van der Waals surface area contributed by atoms with E-state index in [1.807, 2.05) is 15.8 Å². The molecule has 0 unspecified atom stereocenters. The first-order chi connectivity index (χ1) is 12.0. The summed E-state index contributed by atoms with van der Waals surface area (Å²) >= 11 is 3.37. The molecule has 0 saturated carbocycles. The number of aryl methyl sites for hydroxylation is 3. The lowest BCUT2D eigenvalue weighted by Crippen LogP contribution is -2.48. The summed E-state index contributed by atoms with van der Waals surface area (Å²) in [5.74, 6) is 0.209. The van der Waals surface area contributed by atoms with Crippen molar-refractivity contribution in [1.82, 2.24) is 29.4 Å². The van der Waals surface area contributed by atoms with Crippen molar-refractivity contribution in [3.05, 3.63) is 34.3 Å². The van der Waals surface area contributed by atoms with Crippen LogP contribution < -0.4 is 0 Å². The van der Waals surface area contributed by atoms with Gasteiger partial charge >= 0.3 is 0 Å². The maximum atomic E-state index is 12.4. The van der Waals surface area contributed by atoms with Gasteiger partial charge in [-0.2, -0.15) is 10.2 Å². The molecular formula is C17H25BrN6O. The Morgan fingerprint density at radius 2 is 1.96 bits per heavy atom. The van der Waals surface area contributed by atoms with E-state index >= 15 is 0 Å². The van der Waals surface area contributed by atoms with Crippen molar-refractivity contribution >= 4 is 21.8 Å². The maximum absolute atomic E-state index is 12.4. The average Bonchev–Trinajstić information content (AvgIpc) is 3.19. The molecule has 0 bridgehead atoms. The lowest BCUT2D eigenvalue weighted by molar-refractivity contribution is -0.133. The highest BCUT2D eigenvalue weighted by Gasteiger charge is 2.21. The number of halogens is 1. The molecule has 0 spiro atoms. The van der Waals surface area contributed by atoms with Crippen LogP contribution in [0.2, 0.25) is 0 Å². The molecular weight excluding hydrogens is 384 g/mol. The van der Waals surface area contributed by atoms with Gasteiger partial charge in [-0.3, -0.25) is 19.1 Å². The number of carbonyl (C=O) groups excluding carboxylic acids is 1. The fourth-order valence-electron chi connectivity index (χ4n) is 3.10. The van der Waals surface area contributed by atoms with Gasteiger partial charge in [0.25, 0.3) is 0 Å². The van der Waals surface area contributed by atoms with E-state index in [0.717, 1.165) is 49.4 Å². The number of nitrogens with zero attached hydrogens (tertiary/aromatic N) is 6. The molecule has 0 radical (unpaired) electrons. The standard InChI is InChI=1S/C17H25BrN6O/c1-3-23-12-15(14(2)20-23)11-21-6-8-22(9-7-21)17(25)4-5-24-13-16(18)10-19-24/h10,12-13H,3-9,11H2,1-2H3. The molecule has 1 aliphatic heterocycles. The summed E-state index contributed by atoms with van der Waals surface area (Å²) in [6.07, 6.45) is 6.27. The Balaban J connectivity index is 1.44. The van der Waals surface area contributed by atoms with Gasteiger partial charge < -0.3 is 4.90 Å². The van der Waals surface area contributed by atoms with Crippen LogP contribution in [0.4, 0.5) is 0 Å². The fraction of sp³-hybridized carbons (Fsp3) is 0.588.